The van der Waals surface area contributed by atoms with Gasteiger partial charge in [0.25, 0.3) is 0 Å². The van der Waals surface area contributed by atoms with Crippen molar-refractivity contribution in [1.29, 1.82) is 0 Å². The Morgan fingerprint density at radius 1 is 1.35 bits per heavy atom. The van der Waals surface area contributed by atoms with Gasteiger partial charge >= 0.3 is 0 Å². The lowest BCUT2D eigenvalue weighted by molar-refractivity contribution is 0.624. The fourth-order valence-electron chi connectivity index (χ4n) is 1.62. The van der Waals surface area contributed by atoms with E-state index in [4.69, 9.17) is 12.2 Å². The first-order valence-corrected chi connectivity index (χ1v) is 6.52. The molecular weight excluding hydrogens is 275 g/mol. The van der Waals surface area contributed by atoms with Crippen LogP contribution in [0.3, 0.4) is 0 Å². The van der Waals surface area contributed by atoms with Gasteiger partial charge in [-0.2, -0.15) is 5.10 Å². The number of nitrogens with one attached hydrogen (secondary N) is 2. The van der Waals surface area contributed by atoms with Gasteiger partial charge in [-0.15, -0.1) is 6.58 Å². The van der Waals surface area contributed by atoms with Gasteiger partial charge in [-0.3, -0.25) is 4.68 Å². The molecule has 1 heterocycles. The lowest BCUT2D eigenvalue weighted by atomic mass is 10.2. The zero-order valence-corrected chi connectivity index (χ0v) is 11.7. The number of anilines is 1. The quantitative estimate of drug-likeness (QED) is 0.656. The third kappa shape index (κ3) is 4.17. The second-order valence-corrected chi connectivity index (χ2v) is 4.56. The van der Waals surface area contributed by atoms with Gasteiger partial charge in [-0.05, 0) is 29.9 Å². The van der Waals surface area contributed by atoms with Gasteiger partial charge in [-0.25, -0.2) is 4.39 Å². The lowest BCUT2D eigenvalue weighted by Crippen LogP contribution is -2.28. The van der Waals surface area contributed by atoms with Crippen LogP contribution in [0, 0.1) is 5.82 Å². The molecule has 1 aromatic heterocycles. The molecule has 0 saturated heterocycles. The molecule has 0 aliphatic heterocycles. The number of nitrogens with zero attached hydrogens (tertiary/aromatic N) is 2. The van der Waals surface area contributed by atoms with Crippen molar-refractivity contribution >= 4 is 23.1 Å². The fourth-order valence-corrected chi connectivity index (χ4v) is 1.81. The van der Waals surface area contributed by atoms with Crippen molar-refractivity contribution in [3.8, 4) is 0 Å². The van der Waals surface area contributed by atoms with E-state index in [0.29, 0.717) is 24.0 Å². The van der Waals surface area contributed by atoms with Crippen LogP contribution < -0.4 is 10.6 Å². The monoisotopic (exact) mass is 290 g/mol. The van der Waals surface area contributed by atoms with Crippen LogP contribution in [0.2, 0.25) is 0 Å². The molecule has 0 atom stereocenters. The zero-order chi connectivity index (χ0) is 14.4. The number of aromatic nitrogens is 2. The van der Waals surface area contributed by atoms with Crippen LogP contribution in [0.4, 0.5) is 10.2 Å². The molecule has 0 saturated carbocycles. The summed E-state index contributed by atoms with van der Waals surface area (Å²) in [6.07, 6.45) is 3.56. The number of thiocarbonyl (C=S) groups is 1. The minimum atomic E-state index is -0.241. The molecule has 0 aliphatic carbocycles. The van der Waals surface area contributed by atoms with Gasteiger partial charge in [0.1, 0.15) is 5.82 Å². The Morgan fingerprint density at radius 2 is 2.10 bits per heavy atom. The molecule has 0 fully saturated rings. The highest BCUT2D eigenvalue weighted by molar-refractivity contribution is 7.80. The van der Waals surface area contributed by atoms with Crippen LogP contribution >= 0.6 is 12.2 Å². The lowest BCUT2D eigenvalue weighted by Gasteiger charge is -2.06. The molecule has 20 heavy (non-hydrogen) atoms. The van der Waals surface area contributed by atoms with Crippen molar-refractivity contribution in [2.75, 3.05) is 11.9 Å². The highest BCUT2D eigenvalue weighted by atomic mass is 32.1. The minimum absolute atomic E-state index is 0.241. The van der Waals surface area contributed by atoms with Gasteiger partial charge in [0, 0.05) is 18.8 Å². The van der Waals surface area contributed by atoms with Gasteiger partial charge in [-0.1, -0.05) is 18.2 Å². The summed E-state index contributed by atoms with van der Waals surface area (Å²) < 4.78 is 14.6. The molecule has 0 aliphatic rings. The molecule has 4 nitrogen and oxygen atoms in total. The Morgan fingerprint density at radius 3 is 2.80 bits per heavy atom. The number of hydrogen-bond acceptors (Lipinski definition) is 2. The average Bonchev–Trinajstić information content (AvgIpc) is 2.86. The van der Waals surface area contributed by atoms with Crippen LogP contribution in [-0.2, 0) is 6.54 Å². The third-order valence-electron chi connectivity index (χ3n) is 2.55. The standard InChI is InChI=1S/C14H15FN4S/c1-2-8-16-14(20)17-13-7-9-19(18-13)10-11-3-5-12(15)6-4-11/h2-7,9H,1,8,10H2,(H2,16,17,18,20). The number of benzene rings is 1. The van der Waals surface area contributed by atoms with Crippen molar-refractivity contribution in [3.05, 3.63) is 60.6 Å². The van der Waals surface area contributed by atoms with Crippen LogP contribution in [0.5, 0.6) is 0 Å². The summed E-state index contributed by atoms with van der Waals surface area (Å²) in [6, 6.07) is 8.17. The molecule has 0 amide bonds. The van der Waals surface area contributed by atoms with Crippen LogP contribution in [0.15, 0.2) is 49.2 Å². The van der Waals surface area contributed by atoms with Crippen LogP contribution in [0.25, 0.3) is 0 Å². The van der Waals surface area contributed by atoms with E-state index in [-0.39, 0.29) is 5.82 Å². The summed E-state index contributed by atoms with van der Waals surface area (Å²) in [5, 5.41) is 10.8. The molecule has 104 valence electrons. The van der Waals surface area contributed by atoms with Crippen LogP contribution in [0.1, 0.15) is 5.56 Å². The average molecular weight is 290 g/mol. The first kappa shape index (κ1) is 14.2. The van der Waals surface area contributed by atoms with E-state index in [9.17, 15) is 4.39 Å². The molecule has 0 radical (unpaired) electrons. The summed E-state index contributed by atoms with van der Waals surface area (Å²) in [4.78, 5) is 0. The fraction of sp³-hybridized carbons (Fsp3) is 0.143. The first-order chi connectivity index (χ1) is 9.67. The summed E-state index contributed by atoms with van der Waals surface area (Å²) in [7, 11) is 0. The van der Waals surface area contributed by atoms with E-state index in [1.807, 2.05) is 12.3 Å². The third-order valence-corrected chi connectivity index (χ3v) is 2.79. The highest BCUT2D eigenvalue weighted by Crippen LogP contribution is 2.07. The predicted molar refractivity (Wildman–Crippen MR) is 82.1 cm³/mol. The van der Waals surface area contributed by atoms with E-state index in [0.717, 1.165) is 5.56 Å². The Labute approximate surface area is 122 Å². The smallest absolute Gasteiger partial charge is 0.172 e. The maximum Gasteiger partial charge on any atom is 0.172 e. The van der Waals surface area contributed by atoms with Gasteiger partial charge in [0.2, 0.25) is 0 Å². The van der Waals surface area contributed by atoms with Crippen molar-refractivity contribution in [2.45, 2.75) is 6.54 Å². The summed E-state index contributed by atoms with van der Waals surface area (Å²) >= 11 is 5.09. The van der Waals surface area contributed by atoms with Crippen molar-refractivity contribution in [2.24, 2.45) is 0 Å². The molecule has 2 aromatic rings. The topological polar surface area (TPSA) is 41.9 Å². The van der Waals surface area contributed by atoms with E-state index in [2.05, 4.69) is 22.3 Å². The highest BCUT2D eigenvalue weighted by Gasteiger charge is 2.02. The second-order valence-electron chi connectivity index (χ2n) is 4.15. The molecule has 2 N–H and O–H groups in total. The van der Waals surface area contributed by atoms with E-state index < -0.39 is 0 Å². The number of rotatable bonds is 5. The molecule has 0 bridgehead atoms. The first-order valence-electron chi connectivity index (χ1n) is 6.11. The van der Waals surface area contributed by atoms with Crippen molar-refractivity contribution in [3.63, 3.8) is 0 Å². The predicted octanol–water partition coefficient (Wildman–Crippen LogP) is 2.54. The largest absolute Gasteiger partial charge is 0.359 e. The Kier molecular flexibility index (Phi) is 4.84. The minimum Gasteiger partial charge on any atom is -0.359 e. The molecule has 0 unspecified atom stereocenters. The molecule has 1 aromatic carbocycles. The molecule has 6 heteroatoms. The Balaban J connectivity index is 1.93. The normalized spacial score (nSPS) is 10.1. The maximum absolute atomic E-state index is 12.8. The molecule has 0 spiro atoms. The van der Waals surface area contributed by atoms with Crippen molar-refractivity contribution in [1.82, 2.24) is 15.1 Å². The van der Waals surface area contributed by atoms with Crippen LogP contribution in [-0.4, -0.2) is 21.4 Å². The number of hydrogen-bond donors (Lipinski definition) is 2. The van der Waals surface area contributed by atoms with Gasteiger partial charge in [0.05, 0.1) is 6.54 Å². The Hall–Kier alpha value is -2.21. The van der Waals surface area contributed by atoms with E-state index in [1.54, 1.807) is 22.9 Å². The SMILES string of the molecule is C=CCNC(=S)Nc1ccn(Cc2ccc(F)cc2)n1. The molecular formula is C14H15FN4S. The maximum atomic E-state index is 12.8. The van der Waals surface area contributed by atoms with E-state index in [1.165, 1.54) is 12.1 Å². The van der Waals surface area contributed by atoms with Crippen molar-refractivity contribution < 1.29 is 4.39 Å². The van der Waals surface area contributed by atoms with Gasteiger partial charge in [0.15, 0.2) is 10.9 Å². The number of halogens is 1. The Bertz CT molecular complexity index is 591. The second kappa shape index (κ2) is 6.81. The summed E-state index contributed by atoms with van der Waals surface area (Å²) in [5.41, 5.74) is 0.980. The zero-order valence-electron chi connectivity index (χ0n) is 10.8. The van der Waals surface area contributed by atoms with Gasteiger partial charge < -0.3 is 10.6 Å². The summed E-state index contributed by atoms with van der Waals surface area (Å²) in [6.45, 7) is 4.78. The molecule has 2 rings (SSSR count). The van der Waals surface area contributed by atoms with E-state index >= 15 is 0 Å². The summed E-state index contributed by atoms with van der Waals surface area (Å²) in [5.74, 6) is 0.420.